The zero-order chi connectivity index (χ0) is 22.3. The quantitative estimate of drug-likeness (QED) is 0.378. The molecule has 0 saturated heterocycles. The highest BCUT2D eigenvalue weighted by atomic mass is 32.1. The van der Waals surface area contributed by atoms with Crippen LogP contribution in [0.4, 0.5) is 5.69 Å². The summed E-state index contributed by atoms with van der Waals surface area (Å²) >= 11 is 1.61. The SMILES string of the molecule is Cc1nc(COc2cccc(/C=C/C(=O)Nc3ccc(Cn4ccnc4C)cc3)c2)cs1. The number of carbonyl (C=O) groups excluding carboxylic acids is 1. The number of hydrogen-bond acceptors (Lipinski definition) is 5. The molecule has 2 aromatic heterocycles. The molecule has 32 heavy (non-hydrogen) atoms. The van der Waals surface area contributed by atoms with Crippen molar-refractivity contribution in [2.45, 2.75) is 27.0 Å². The Labute approximate surface area is 191 Å². The van der Waals surface area contributed by atoms with E-state index in [9.17, 15) is 4.79 Å². The van der Waals surface area contributed by atoms with Gasteiger partial charge in [-0.2, -0.15) is 0 Å². The predicted molar refractivity (Wildman–Crippen MR) is 128 cm³/mol. The number of ether oxygens (including phenoxy) is 1. The third kappa shape index (κ3) is 5.92. The molecule has 0 radical (unpaired) electrons. The second-order valence-electron chi connectivity index (χ2n) is 7.34. The van der Waals surface area contributed by atoms with E-state index >= 15 is 0 Å². The van der Waals surface area contributed by atoms with Crippen molar-refractivity contribution in [3.05, 3.63) is 100 Å². The van der Waals surface area contributed by atoms with Crippen LogP contribution in [0.3, 0.4) is 0 Å². The fraction of sp³-hybridized carbons (Fsp3) is 0.160. The highest BCUT2D eigenvalue weighted by Gasteiger charge is 2.03. The minimum atomic E-state index is -0.188. The van der Waals surface area contributed by atoms with E-state index in [1.165, 1.54) is 6.08 Å². The lowest BCUT2D eigenvalue weighted by Gasteiger charge is -2.07. The van der Waals surface area contributed by atoms with E-state index < -0.39 is 0 Å². The minimum absolute atomic E-state index is 0.188. The first kappa shape index (κ1) is 21.5. The van der Waals surface area contributed by atoms with Crippen LogP contribution in [0.2, 0.25) is 0 Å². The van der Waals surface area contributed by atoms with Crippen LogP contribution in [-0.4, -0.2) is 20.4 Å². The van der Waals surface area contributed by atoms with Crippen LogP contribution in [0.15, 0.2) is 72.4 Å². The molecule has 2 heterocycles. The van der Waals surface area contributed by atoms with E-state index in [0.29, 0.717) is 6.61 Å². The molecule has 4 aromatic rings. The smallest absolute Gasteiger partial charge is 0.248 e. The van der Waals surface area contributed by atoms with E-state index in [0.717, 1.165) is 45.6 Å². The Balaban J connectivity index is 1.30. The van der Waals surface area contributed by atoms with Gasteiger partial charge in [0.15, 0.2) is 0 Å². The summed E-state index contributed by atoms with van der Waals surface area (Å²) in [6.07, 6.45) is 7.03. The van der Waals surface area contributed by atoms with Gasteiger partial charge in [-0.3, -0.25) is 4.79 Å². The molecule has 1 amide bonds. The molecule has 0 spiro atoms. The van der Waals surface area contributed by atoms with Gasteiger partial charge in [-0.05, 0) is 55.3 Å². The van der Waals surface area contributed by atoms with Gasteiger partial charge >= 0.3 is 0 Å². The predicted octanol–water partition coefficient (Wildman–Crippen LogP) is 5.24. The van der Waals surface area contributed by atoms with Gasteiger partial charge in [-0.1, -0.05) is 24.3 Å². The van der Waals surface area contributed by atoms with Gasteiger partial charge in [0, 0.05) is 36.1 Å². The van der Waals surface area contributed by atoms with Gasteiger partial charge in [-0.25, -0.2) is 9.97 Å². The first-order chi connectivity index (χ1) is 15.5. The second-order valence-corrected chi connectivity index (χ2v) is 8.40. The van der Waals surface area contributed by atoms with Crippen molar-refractivity contribution < 1.29 is 9.53 Å². The molecular formula is C25H24N4O2S. The number of nitrogens with zero attached hydrogens (tertiary/aromatic N) is 3. The average molecular weight is 445 g/mol. The van der Waals surface area contributed by atoms with Crippen LogP contribution in [-0.2, 0) is 17.9 Å². The third-order valence-corrected chi connectivity index (χ3v) is 5.66. The number of thiazole rings is 1. The Morgan fingerprint density at radius 1 is 1.19 bits per heavy atom. The summed E-state index contributed by atoms with van der Waals surface area (Å²) < 4.78 is 7.88. The first-order valence-electron chi connectivity index (χ1n) is 10.2. The number of aryl methyl sites for hydroxylation is 2. The van der Waals surface area contributed by atoms with Crippen molar-refractivity contribution in [2.75, 3.05) is 5.32 Å². The zero-order valence-electron chi connectivity index (χ0n) is 18.0. The van der Waals surface area contributed by atoms with Crippen LogP contribution in [0.5, 0.6) is 5.75 Å². The molecule has 0 aliphatic carbocycles. The van der Waals surface area contributed by atoms with Crippen LogP contribution >= 0.6 is 11.3 Å². The number of benzene rings is 2. The van der Waals surface area contributed by atoms with Gasteiger partial charge in [0.2, 0.25) is 5.91 Å². The van der Waals surface area contributed by atoms with E-state index in [1.807, 2.05) is 74.0 Å². The van der Waals surface area contributed by atoms with Gasteiger partial charge in [0.25, 0.3) is 0 Å². The lowest BCUT2D eigenvalue weighted by molar-refractivity contribution is -0.111. The first-order valence-corrected chi connectivity index (χ1v) is 11.1. The van der Waals surface area contributed by atoms with Gasteiger partial charge in [0.1, 0.15) is 18.2 Å². The monoisotopic (exact) mass is 444 g/mol. The highest BCUT2D eigenvalue weighted by molar-refractivity contribution is 7.09. The molecule has 4 rings (SSSR count). The third-order valence-electron chi connectivity index (χ3n) is 4.84. The van der Waals surface area contributed by atoms with Crippen molar-refractivity contribution in [1.29, 1.82) is 0 Å². The molecule has 0 unspecified atom stereocenters. The van der Waals surface area contributed by atoms with E-state index in [4.69, 9.17) is 4.74 Å². The van der Waals surface area contributed by atoms with Gasteiger partial charge in [-0.15, -0.1) is 11.3 Å². The van der Waals surface area contributed by atoms with Crippen molar-refractivity contribution in [1.82, 2.24) is 14.5 Å². The maximum absolute atomic E-state index is 12.3. The molecule has 0 bridgehead atoms. The summed E-state index contributed by atoms with van der Waals surface area (Å²) in [7, 11) is 0. The molecule has 0 aliphatic rings. The summed E-state index contributed by atoms with van der Waals surface area (Å²) in [5, 5.41) is 5.91. The molecule has 0 saturated carbocycles. The fourth-order valence-electron chi connectivity index (χ4n) is 3.16. The molecule has 2 aromatic carbocycles. The Bertz CT molecular complexity index is 1220. The molecular weight excluding hydrogens is 420 g/mol. The number of imidazole rings is 1. The summed E-state index contributed by atoms with van der Waals surface area (Å²) in [6, 6.07) is 15.4. The topological polar surface area (TPSA) is 69.0 Å². The number of aromatic nitrogens is 3. The number of rotatable bonds is 8. The van der Waals surface area contributed by atoms with Gasteiger partial charge < -0.3 is 14.6 Å². The van der Waals surface area contributed by atoms with Gasteiger partial charge in [0.05, 0.1) is 10.7 Å². The summed E-state index contributed by atoms with van der Waals surface area (Å²) in [6.45, 7) is 5.13. The van der Waals surface area contributed by atoms with Crippen molar-refractivity contribution in [3.63, 3.8) is 0 Å². The highest BCUT2D eigenvalue weighted by Crippen LogP contribution is 2.17. The van der Waals surface area contributed by atoms with Crippen molar-refractivity contribution >= 4 is 29.0 Å². The van der Waals surface area contributed by atoms with Crippen LogP contribution in [0, 0.1) is 13.8 Å². The average Bonchev–Trinajstić information content (AvgIpc) is 3.40. The summed E-state index contributed by atoms with van der Waals surface area (Å²) in [5.74, 6) is 1.52. The largest absolute Gasteiger partial charge is 0.487 e. The fourth-order valence-corrected chi connectivity index (χ4v) is 3.75. The molecule has 7 heteroatoms. The second kappa shape index (κ2) is 10.1. The molecule has 0 fully saturated rings. The maximum atomic E-state index is 12.3. The summed E-state index contributed by atoms with van der Waals surface area (Å²) in [4.78, 5) is 21.0. The number of anilines is 1. The molecule has 6 nitrogen and oxygen atoms in total. The summed E-state index contributed by atoms with van der Waals surface area (Å²) in [5.41, 5.74) is 3.70. The van der Waals surface area contributed by atoms with Crippen LogP contribution in [0.1, 0.15) is 27.7 Å². The zero-order valence-corrected chi connectivity index (χ0v) is 18.8. The molecule has 162 valence electrons. The Morgan fingerprint density at radius 3 is 2.75 bits per heavy atom. The number of carbonyl (C=O) groups is 1. The van der Waals surface area contributed by atoms with E-state index in [1.54, 1.807) is 23.6 Å². The molecule has 0 atom stereocenters. The lowest BCUT2D eigenvalue weighted by Crippen LogP contribution is -2.08. The Hall–Kier alpha value is -3.71. The number of nitrogens with one attached hydrogen (secondary N) is 1. The maximum Gasteiger partial charge on any atom is 0.248 e. The van der Waals surface area contributed by atoms with Crippen molar-refractivity contribution in [2.24, 2.45) is 0 Å². The molecule has 0 aliphatic heterocycles. The van der Waals surface area contributed by atoms with Crippen LogP contribution in [0.25, 0.3) is 6.08 Å². The lowest BCUT2D eigenvalue weighted by atomic mass is 10.2. The number of hydrogen-bond donors (Lipinski definition) is 1. The standard InChI is InChI=1S/C25H24N4O2S/c1-18-26-12-13-29(18)15-21-6-9-22(10-7-21)28-25(30)11-8-20-4-3-5-24(14-20)31-16-23-17-32-19(2)27-23/h3-14,17H,15-16H2,1-2H3,(H,28,30)/b11-8+. The Kier molecular flexibility index (Phi) is 6.77. The van der Waals surface area contributed by atoms with Crippen molar-refractivity contribution in [3.8, 4) is 5.75 Å². The van der Waals surface area contributed by atoms with E-state index in [2.05, 4.69) is 19.9 Å². The minimum Gasteiger partial charge on any atom is -0.487 e. The Morgan fingerprint density at radius 2 is 2.03 bits per heavy atom. The van der Waals surface area contributed by atoms with E-state index in [-0.39, 0.29) is 5.91 Å². The molecule has 1 N–H and O–H groups in total. The number of amides is 1. The van der Waals surface area contributed by atoms with Crippen LogP contribution < -0.4 is 10.1 Å². The normalized spacial score (nSPS) is 11.1.